The molecule has 1 aromatic carbocycles. The van der Waals surface area contributed by atoms with Crippen LogP contribution in [-0.4, -0.2) is 39.5 Å². The normalized spacial score (nSPS) is 17.8. The van der Waals surface area contributed by atoms with Crippen LogP contribution in [0.4, 0.5) is 0 Å². The molecule has 1 amide bonds. The molecule has 0 spiro atoms. The molecule has 0 bridgehead atoms. The Bertz CT molecular complexity index is 735. The Morgan fingerprint density at radius 2 is 2.22 bits per heavy atom. The van der Waals surface area contributed by atoms with E-state index in [2.05, 4.69) is 30.1 Å². The Hall–Kier alpha value is -2.30. The summed E-state index contributed by atoms with van der Waals surface area (Å²) < 4.78 is 0. The zero-order valence-electron chi connectivity index (χ0n) is 13.3. The third-order valence-corrected chi connectivity index (χ3v) is 4.64. The molecule has 1 saturated heterocycles. The molecule has 1 unspecified atom stereocenters. The molecule has 1 aliphatic heterocycles. The lowest BCUT2D eigenvalue weighted by atomic mass is 10.1. The first kappa shape index (κ1) is 15.6. The molecule has 5 heteroatoms. The van der Waals surface area contributed by atoms with Crippen LogP contribution < -0.4 is 0 Å². The Morgan fingerprint density at radius 3 is 3.00 bits per heavy atom. The van der Waals surface area contributed by atoms with Crippen molar-refractivity contribution in [1.29, 1.82) is 0 Å². The van der Waals surface area contributed by atoms with Gasteiger partial charge in [0.1, 0.15) is 0 Å². The van der Waals surface area contributed by atoms with E-state index in [0.717, 1.165) is 23.9 Å². The van der Waals surface area contributed by atoms with Gasteiger partial charge in [0.25, 0.3) is 0 Å². The summed E-state index contributed by atoms with van der Waals surface area (Å²) in [6.07, 6.45) is 4.82. The Labute approximate surface area is 135 Å². The zero-order chi connectivity index (χ0) is 16.4. The SMILES string of the molecule is Cc1ccc2[nH]cc(CCC(=O)N3CCCC3CC(=O)O)c2c1. The monoisotopic (exact) mass is 314 g/mol. The summed E-state index contributed by atoms with van der Waals surface area (Å²) in [5.74, 6) is -0.766. The van der Waals surface area contributed by atoms with Crippen molar-refractivity contribution in [2.75, 3.05) is 6.54 Å². The minimum absolute atomic E-state index is 0.0536. The first-order chi connectivity index (χ1) is 11.0. The molecule has 2 aromatic rings. The highest BCUT2D eigenvalue weighted by Crippen LogP contribution is 2.24. The average Bonchev–Trinajstić information content (AvgIpc) is 3.11. The van der Waals surface area contributed by atoms with Crippen LogP contribution >= 0.6 is 0 Å². The van der Waals surface area contributed by atoms with E-state index in [1.807, 2.05) is 6.20 Å². The number of benzene rings is 1. The fourth-order valence-electron chi connectivity index (χ4n) is 3.46. The summed E-state index contributed by atoms with van der Waals surface area (Å²) in [7, 11) is 0. The van der Waals surface area contributed by atoms with Crippen LogP contribution in [0.25, 0.3) is 10.9 Å². The molecule has 1 aliphatic rings. The molecule has 3 rings (SSSR count). The molecule has 1 fully saturated rings. The summed E-state index contributed by atoms with van der Waals surface area (Å²) >= 11 is 0. The number of nitrogens with zero attached hydrogens (tertiary/aromatic N) is 1. The van der Waals surface area contributed by atoms with Gasteiger partial charge in [-0.2, -0.15) is 0 Å². The van der Waals surface area contributed by atoms with Gasteiger partial charge < -0.3 is 15.0 Å². The fraction of sp³-hybridized carbons (Fsp3) is 0.444. The molecule has 0 aliphatic carbocycles. The van der Waals surface area contributed by atoms with Gasteiger partial charge in [0, 0.05) is 36.1 Å². The number of H-pyrrole nitrogens is 1. The topological polar surface area (TPSA) is 73.4 Å². The number of hydrogen-bond acceptors (Lipinski definition) is 2. The first-order valence-corrected chi connectivity index (χ1v) is 8.12. The summed E-state index contributed by atoms with van der Waals surface area (Å²) in [6.45, 7) is 2.74. The maximum atomic E-state index is 12.5. The van der Waals surface area contributed by atoms with Gasteiger partial charge in [-0.25, -0.2) is 0 Å². The molecule has 2 N–H and O–H groups in total. The highest BCUT2D eigenvalue weighted by molar-refractivity contribution is 5.85. The van der Waals surface area contributed by atoms with Crippen molar-refractivity contribution < 1.29 is 14.7 Å². The maximum Gasteiger partial charge on any atom is 0.305 e. The zero-order valence-corrected chi connectivity index (χ0v) is 13.3. The van der Waals surface area contributed by atoms with Gasteiger partial charge in [-0.1, -0.05) is 11.6 Å². The number of carboxylic acid groups (broad SMARTS) is 1. The predicted octanol–water partition coefficient (Wildman–Crippen LogP) is 2.87. The summed E-state index contributed by atoms with van der Waals surface area (Å²) in [5.41, 5.74) is 3.43. The number of fused-ring (bicyclic) bond motifs is 1. The van der Waals surface area contributed by atoms with E-state index in [4.69, 9.17) is 5.11 Å². The lowest BCUT2D eigenvalue weighted by Crippen LogP contribution is -2.36. The number of rotatable bonds is 5. The number of aryl methyl sites for hydroxylation is 2. The molecule has 2 heterocycles. The molecule has 5 nitrogen and oxygen atoms in total. The second kappa shape index (κ2) is 6.44. The number of aromatic nitrogens is 1. The number of nitrogens with one attached hydrogen (secondary N) is 1. The summed E-state index contributed by atoms with van der Waals surface area (Å²) in [5, 5.41) is 10.1. The van der Waals surface area contributed by atoms with Gasteiger partial charge in [0.15, 0.2) is 0 Å². The molecule has 0 saturated carbocycles. The van der Waals surface area contributed by atoms with Gasteiger partial charge in [-0.15, -0.1) is 0 Å². The molecule has 0 radical (unpaired) electrons. The van der Waals surface area contributed by atoms with Crippen molar-refractivity contribution in [3.63, 3.8) is 0 Å². The molecule has 122 valence electrons. The summed E-state index contributed by atoms with van der Waals surface area (Å²) in [6, 6.07) is 6.12. The van der Waals surface area contributed by atoms with E-state index in [1.54, 1.807) is 4.90 Å². The third-order valence-electron chi connectivity index (χ3n) is 4.64. The van der Waals surface area contributed by atoms with E-state index in [1.165, 1.54) is 10.9 Å². The standard InChI is InChI=1S/C18H22N2O3/c1-12-4-6-16-15(9-12)13(11-19-16)5-7-17(21)20-8-2-3-14(20)10-18(22)23/h4,6,9,11,14,19H,2-3,5,7-8,10H2,1H3,(H,22,23). The van der Waals surface area contributed by atoms with Crippen molar-refractivity contribution in [3.05, 3.63) is 35.5 Å². The van der Waals surface area contributed by atoms with E-state index in [9.17, 15) is 9.59 Å². The summed E-state index contributed by atoms with van der Waals surface area (Å²) in [4.78, 5) is 28.4. The van der Waals surface area contributed by atoms with Crippen LogP contribution in [0.2, 0.25) is 0 Å². The van der Waals surface area contributed by atoms with E-state index >= 15 is 0 Å². The Balaban J connectivity index is 1.66. The van der Waals surface area contributed by atoms with Gasteiger partial charge in [0.05, 0.1) is 6.42 Å². The maximum absolute atomic E-state index is 12.5. The lowest BCUT2D eigenvalue weighted by Gasteiger charge is -2.23. The van der Waals surface area contributed by atoms with Crippen LogP contribution in [0.3, 0.4) is 0 Å². The van der Waals surface area contributed by atoms with Crippen LogP contribution in [0, 0.1) is 6.92 Å². The number of amides is 1. The third kappa shape index (κ3) is 3.38. The molecular weight excluding hydrogens is 292 g/mol. The number of aliphatic carboxylic acids is 1. The average molecular weight is 314 g/mol. The van der Waals surface area contributed by atoms with E-state index < -0.39 is 5.97 Å². The number of carbonyl (C=O) groups excluding carboxylic acids is 1. The van der Waals surface area contributed by atoms with Crippen LogP contribution in [0.1, 0.15) is 36.8 Å². The van der Waals surface area contributed by atoms with E-state index in [-0.39, 0.29) is 18.4 Å². The number of carbonyl (C=O) groups is 2. The molecule has 1 atom stereocenters. The van der Waals surface area contributed by atoms with Gasteiger partial charge in [0.2, 0.25) is 5.91 Å². The van der Waals surface area contributed by atoms with Crippen molar-refractivity contribution >= 4 is 22.8 Å². The van der Waals surface area contributed by atoms with Crippen molar-refractivity contribution in [3.8, 4) is 0 Å². The Kier molecular flexibility index (Phi) is 4.37. The minimum atomic E-state index is -0.832. The fourth-order valence-corrected chi connectivity index (χ4v) is 3.46. The largest absolute Gasteiger partial charge is 0.481 e. The predicted molar refractivity (Wildman–Crippen MR) is 88.3 cm³/mol. The number of aromatic amines is 1. The second-order valence-corrected chi connectivity index (χ2v) is 6.34. The molecule has 1 aromatic heterocycles. The van der Waals surface area contributed by atoms with Crippen molar-refractivity contribution in [2.45, 2.75) is 45.1 Å². The number of hydrogen-bond donors (Lipinski definition) is 2. The Morgan fingerprint density at radius 1 is 1.39 bits per heavy atom. The first-order valence-electron chi connectivity index (χ1n) is 8.12. The van der Waals surface area contributed by atoms with Crippen LogP contribution in [0.15, 0.2) is 24.4 Å². The highest BCUT2D eigenvalue weighted by Gasteiger charge is 2.29. The van der Waals surface area contributed by atoms with Crippen molar-refractivity contribution in [1.82, 2.24) is 9.88 Å². The molecule has 23 heavy (non-hydrogen) atoms. The second-order valence-electron chi connectivity index (χ2n) is 6.34. The van der Waals surface area contributed by atoms with Crippen LogP contribution in [0.5, 0.6) is 0 Å². The quantitative estimate of drug-likeness (QED) is 0.891. The van der Waals surface area contributed by atoms with Gasteiger partial charge in [-0.3, -0.25) is 9.59 Å². The lowest BCUT2D eigenvalue weighted by molar-refractivity contribution is -0.139. The smallest absolute Gasteiger partial charge is 0.305 e. The van der Waals surface area contributed by atoms with Crippen molar-refractivity contribution in [2.24, 2.45) is 0 Å². The number of carboxylic acids is 1. The van der Waals surface area contributed by atoms with Gasteiger partial charge >= 0.3 is 5.97 Å². The van der Waals surface area contributed by atoms with Crippen LogP contribution in [-0.2, 0) is 16.0 Å². The minimum Gasteiger partial charge on any atom is -0.481 e. The number of likely N-dealkylation sites (tertiary alicyclic amines) is 1. The highest BCUT2D eigenvalue weighted by atomic mass is 16.4. The van der Waals surface area contributed by atoms with E-state index in [0.29, 0.717) is 19.4 Å². The van der Waals surface area contributed by atoms with Gasteiger partial charge in [-0.05, 0) is 43.9 Å². The molecular formula is C18H22N2O3.